The molecule has 2 nitrogen and oxygen atoms in total. The van der Waals surface area contributed by atoms with Gasteiger partial charge in [0.25, 0.3) is 0 Å². The second-order valence-electron chi connectivity index (χ2n) is 5.74. The molecule has 0 radical (unpaired) electrons. The molecule has 2 heteroatoms. The predicted molar refractivity (Wildman–Crippen MR) is 91.8 cm³/mol. The van der Waals surface area contributed by atoms with Crippen molar-refractivity contribution >= 4 is 11.4 Å². The lowest BCUT2D eigenvalue weighted by atomic mass is 9.87. The molecule has 3 aromatic carbocycles. The maximum atomic E-state index is 5.79. The quantitative estimate of drug-likeness (QED) is 0.724. The molecule has 2 N–H and O–H groups in total. The number of para-hydroxylation sites is 1. The summed E-state index contributed by atoms with van der Waals surface area (Å²) in [7, 11) is 0. The number of hydrogen-bond donors (Lipinski definition) is 1. The van der Waals surface area contributed by atoms with E-state index < -0.39 is 0 Å². The van der Waals surface area contributed by atoms with Crippen molar-refractivity contribution in [1.82, 2.24) is 0 Å². The molecule has 108 valence electrons. The molecule has 0 fully saturated rings. The van der Waals surface area contributed by atoms with Crippen LogP contribution < -0.4 is 10.6 Å². The second kappa shape index (κ2) is 5.23. The number of anilines is 2. The van der Waals surface area contributed by atoms with E-state index in [0.29, 0.717) is 6.04 Å². The smallest absolute Gasteiger partial charge is 0.0819 e. The van der Waals surface area contributed by atoms with Crippen LogP contribution in [0.4, 0.5) is 11.4 Å². The van der Waals surface area contributed by atoms with E-state index in [0.717, 1.165) is 12.2 Å². The van der Waals surface area contributed by atoms with E-state index in [2.05, 4.69) is 71.6 Å². The van der Waals surface area contributed by atoms with Crippen molar-refractivity contribution < 1.29 is 0 Å². The van der Waals surface area contributed by atoms with Crippen LogP contribution in [0.5, 0.6) is 0 Å². The third kappa shape index (κ3) is 2.13. The van der Waals surface area contributed by atoms with Crippen LogP contribution in [-0.4, -0.2) is 0 Å². The van der Waals surface area contributed by atoms with Gasteiger partial charge in [0.2, 0.25) is 0 Å². The Morgan fingerprint density at radius 2 is 1.45 bits per heavy atom. The van der Waals surface area contributed by atoms with Gasteiger partial charge in [-0.3, -0.25) is 0 Å². The number of hydrogen-bond acceptors (Lipinski definition) is 2. The van der Waals surface area contributed by atoms with E-state index in [1.807, 2.05) is 12.1 Å². The van der Waals surface area contributed by atoms with Gasteiger partial charge in [-0.25, -0.2) is 0 Å². The molecule has 0 saturated heterocycles. The van der Waals surface area contributed by atoms with Crippen LogP contribution in [0.15, 0.2) is 78.9 Å². The van der Waals surface area contributed by atoms with Crippen molar-refractivity contribution in [1.29, 1.82) is 0 Å². The van der Waals surface area contributed by atoms with Gasteiger partial charge in [0.1, 0.15) is 0 Å². The third-order valence-corrected chi connectivity index (χ3v) is 4.30. The van der Waals surface area contributed by atoms with Gasteiger partial charge in [0, 0.05) is 23.5 Å². The highest BCUT2D eigenvalue weighted by atomic mass is 15.2. The minimum absolute atomic E-state index is 0.343. The fraction of sp³-hybridized carbons (Fsp3) is 0.100. The molecular weight excluding hydrogens is 268 g/mol. The summed E-state index contributed by atoms with van der Waals surface area (Å²) >= 11 is 0. The van der Waals surface area contributed by atoms with E-state index >= 15 is 0 Å². The summed E-state index contributed by atoms with van der Waals surface area (Å²) in [4.78, 5) is 2.45. The number of nitrogens with zero attached hydrogens (tertiary/aromatic N) is 1. The summed E-state index contributed by atoms with van der Waals surface area (Å²) in [6, 6.07) is 27.9. The Kier molecular flexibility index (Phi) is 3.08. The maximum Gasteiger partial charge on any atom is 0.0819 e. The second-order valence-corrected chi connectivity index (χ2v) is 5.74. The first kappa shape index (κ1) is 13.0. The molecule has 1 aliphatic rings. The number of benzene rings is 3. The van der Waals surface area contributed by atoms with Gasteiger partial charge < -0.3 is 10.6 Å². The number of nitrogens with two attached hydrogens (primary N) is 1. The number of nitrogen functional groups attached to an aromatic ring is 1. The molecule has 0 saturated carbocycles. The summed E-state index contributed by atoms with van der Waals surface area (Å²) in [6.07, 6.45) is 0. The number of rotatable bonds is 3. The van der Waals surface area contributed by atoms with Gasteiger partial charge >= 0.3 is 0 Å². The highest BCUT2D eigenvalue weighted by Gasteiger charge is 2.34. The van der Waals surface area contributed by atoms with Gasteiger partial charge in [-0.2, -0.15) is 0 Å². The summed E-state index contributed by atoms with van der Waals surface area (Å²) in [5.74, 6) is 0. The fourth-order valence-electron chi connectivity index (χ4n) is 3.21. The average Bonchev–Trinajstić information content (AvgIpc) is 2.56. The molecule has 0 spiro atoms. The zero-order valence-electron chi connectivity index (χ0n) is 12.3. The Balaban J connectivity index is 1.69. The Morgan fingerprint density at radius 1 is 0.773 bits per heavy atom. The van der Waals surface area contributed by atoms with Crippen LogP contribution in [0, 0.1) is 0 Å². The first-order valence-corrected chi connectivity index (χ1v) is 7.58. The summed E-state index contributed by atoms with van der Waals surface area (Å²) in [5.41, 5.74) is 12.0. The molecule has 1 heterocycles. The first-order valence-electron chi connectivity index (χ1n) is 7.58. The topological polar surface area (TPSA) is 29.3 Å². The highest BCUT2D eigenvalue weighted by molar-refractivity contribution is 5.69. The Hall–Kier alpha value is -2.74. The molecule has 0 bridgehead atoms. The van der Waals surface area contributed by atoms with Crippen LogP contribution in [0.25, 0.3) is 0 Å². The third-order valence-electron chi connectivity index (χ3n) is 4.30. The maximum absolute atomic E-state index is 5.79. The summed E-state index contributed by atoms with van der Waals surface area (Å²) in [6.45, 7) is 0.900. The lowest BCUT2D eigenvalue weighted by molar-refractivity contribution is 0.640. The SMILES string of the molecule is Nc1ccc(CN2c3ccccc3C2c2ccccc2)cc1. The minimum atomic E-state index is 0.343. The largest absolute Gasteiger partial charge is 0.399 e. The fourth-order valence-corrected chi connectivity index (χ4v) is 3.21. The van der Waals surface area contributed by atoms with Crippen molar-refractivity contribution in [3.8, 4) is 0 Å². The van der Waals surface area contributed by atoms with E-state index in [1.165, 1.54) is 22.4 Å². The molecule has 0 amide bonds. The van der Waals surface area contributed by atoms with Crippen LogP contribution in [0.3, 0.4) is 0 Å². The lowest BCUT2D eigenvalue weighted by Crippen LogP contribution is -2.38. The summed E-state index contributed by atoms with van der Waals surface area (Å²) < 4.78 is 0. The molecule has 1 aliphatic heterocycles. The van der Waals surface area contributed by atoms with E-state index in [9.17, 15) is 0 Å². The monoisotopic (exact) mass is 286 g/mol. The standard InChI is InChI=1S/C20H18N2/c21-17-12-10-15(11-13-17)14-22-19-9-5-4-8-18(19)20(22)16-6-2-1-3-7-16/h1-13,20H,14,21H2. The highest BCUT2D eigenvalue weighted by Crippen LogP contribution is 2.47. The van der Waals surface area contributed by atoms with Crippen molar-refractivity contribution in [3.05, 3.63) is 95.6 Å². The van der Waals surface area contributed by atoms with Crippen molar-refractivity contribution in [2.24, 2.45) is 0 Å². The molecule has 22 heavy (non-hydrogen) atoms. The zero-order chi connectivity index (χ0) is 14.9. The molecule has 0 aliphatic carbocycles. The van der Waals surface area contributed by atoms with Crippen LogP contribution >= 0.6 is 0 Å². The van der Waals surface area contributed by atoms with Crippen molar-refractivity contribution in [2.45, 2.75) is 12.6 Å². The van der Waals surface area contributed by atoms with E-state index in [-0.39, 0.29) is 0 Å². The van der Waals surface area contributed by atoms with Gasteiger partial charge in [-0.05, 0) is 29.3 Å². The summed E-state index contributed by atoms with van der Waals surface area (Å²) in [5, 5.41) is 0. The minimum Gasteiger partial charge on any atom is -0.399 e. The van der Waals surface area contributed by atoms with Gasteiger partial charge in [0.15, 0.2) is 0 Å². The molecule has 1 atom stereocenters. The van der Waals surface area contributed by atoms with Crippen LogP contribution in [-0.2, 0) is 6.54 Å². The van der Waals surface area contributed by atoms with Gasteiger partial charge in [0.05, 0.1) is 6.04 Å². The molecule has 4 rings (SSSR count). The number of fused-ring (bicyclic) bond motifs is 1. The van der Waals surface area contributed by atoms with Crippen LogP contribution in [0.2, 0.25) is 0 Å². The van der Waals surface area contributed by atoms with Gasteiger partial charge in [-0.1, -0.05) is 60.7 Å². The zero-order valence-corrected chi connectivity index (χ0v) is 12.3. The predicted octanol–water partition coefficient (Wildman–Crippen LogP) is 4.38. The van der Waals surface area contributed by atoms with Crippen molar-refractivity contribution in [2.75, 3.05) is 10.6 Å². The normalized spacial score (nSPS) is 16.0. The average molecular weight is 286 g/mol. The van der Waals surface area contributed by atoms with E-state index in [1.54, 1.807) is 0 Å². The molecular formula is C20H18N2. The Morgan fingerprint density at radius 3 is 2.23 bits per heavy atom. The Labute approximate surface area is 130 Å². The molecule has 0 aromatic heterocycles. The first-order chi connectivity index (χ1) is 10.8. The van der Waals surface area contributed by atoms with Gasteiger partial charge in [-0.15, -0.1) is 0 Å². The lowest BCUT2D eigenvalue weighted by Gasteiger charge is -2.45. The Bertz CT molecular complexity index is 778. The van der Waals surface area contributed by atoms with E-state index in [4.69, 9.17) is 5.73 Å². The molecule has 1 unspecified atom stereocenters. The van der Waals surface area contributed by atoms with Crippen molar-refractivity contribution in [3.63, 3.8) is 0 Å². The molecule has 3 aromatic rings. The van der Waals surface area contributed by atoms with Crippen LogP contribution in [0.1, 0.15) is 22.7 Å².